The second-order valence-electron chi connectivity index (χ2n) is 4.34. The average Bonchev–Trinajstić information content (AvgIpc) is 2.27. The third kappa shape index (κ3) is 12.0. The summed E-state index contributed by atoms with van der Waals surface area (Å²) in [5.41, 5.74) is 0. The van der Waals surface area contributed by atoms with Crippen molar-refractivity contribution in [2.45, 2.75) is 46.0 Å². The van der Waals surface area contributed by atoms with Crippen LogP contribution in [0.4, 0.5) is 0 Å². The molecule has 0 rings (SSSR count). The molecule has 0 spiro atoms. The molecule has 98 valence electrons. The molecule has 0 aliphatic rings. The van der Waals surface area contributed by atoms with Crippen molar-refractivity contribution in [3.8, 4) is 0 Å². The van der Waals surface area contributed by atoms with Crippen LogP contribution in [-0.4, -0.2) is 38.1 Å². The van der Waals surface area contributed by atoms with Gasteiger partial charge in [0.15, 0.2) is 0 Å². The van der Waals surface area contributed by atoms with Crippen LogP contribution in [0.1, 0.15) is 46.0 Å². The van der Waals surface area contributed by atoms with Crippen molar-refractivity contribution in [1.29, 1.82) is 0 Å². The maximum atomic E-state index is 8.47. The second-order valence-corrected chi connectivity index (χ2v) is 4.34. The molecule has 0 aromatic carbocycles. The minimum atomic E-state index is 0.0926. The summed E-state index contributed by atoms with van der Waals surface area (Å²) in [7, 11) is 0. The minimum absolute atomic E-state index is 0.0926. The Hall–Kier alpha value is -0.120. The van der Waals surface area contributed by atoms with Gasteiger partial charge in [0.2, 0.25) is 0 Å². The lowest BCUT2D eigenvalue weighted by Gasteiger charge is -2.09. The van der Waals surface area contributed by atoms with E-state index in [1.54, 1.807) is 0 Å². The van der Waals surface area contributed by atoms with E-state index in [0.29, 0.717) is 19.8 Å². The van der Waals surface area contributed by atoms with E-state index in [0.717, 1.165) is 18.9 Å². The summed E-state index contributed by atoms with van der Waals surface area (Å²) in [5.74, 6) is 0.859. The topological polar surface area (TPSA) is 38.7 Å². The quantitative estimate of drug-likeness (QED) is 0.526. The molecule has 0 aliphatic carbocycles. The van der Waals surface area contributed by atoms with Gasteiger partial charge in [-0.15, -0.1) is 0 Å². The molecule has 0 bridgehead atoms. The number of hydrogen-bond acceptors (Lipinski definition) is 3. The van der Waals surface area contributed by atoms with Crippen LogP contribution in [0.5, 0.6) is 0 Å². The highest BCUT2D eigenvalue weighted by Crippen LogP contribution is 2.13. The van der Waals surface area contributed by atoms with Crippen LogP contribution in [0.15, 0.2) is 0 Å². The van der Waals surface area contributed by atoms with Gasteiger partial charge >= 0.3 is 0 Å². The zero-order chi connectivity index (χ0) is 12.1. The number of unbranched alkanes of at least 4 members (excludes halogenated alkanes) is 1. The van der Waals surface area contributed by atoms with Crippen molar-refractivity contribution in [2.24, 2.45) is 5.92 Å². The predicted octanol–water partition coefficient (Wildman–Crippen LogP) is 2.62. The van der Waals surface area contributed by atoms with E-state index in [1.165, 1.54) is 25.7 Å². The van der Waals surface area contributed by atoms with Gasteiger partial charge in [0.1, 0.15) is 0 Å². The summed E-state index contributed by atoms with van der Waals surface area (Å²) in [6.45, 7) is 7.14. The first-order valence-corrected chi connectivity index (χ1v) is 6.57. The second kappa shape index (κ2) is 12.9. The first-order valence-electron chi connectivity index (χ1n) is 6.57. The molecule has 3 heteroatoms. The maximum absolute atomic E-state index is 8.47. The fraction of sp³-hybridized carbons (Fsp3) is 1.00. The smallest absolute Gasteiger partial charge is 0.0701 e. The van der Waals surface area contributed by atoms with E-state index in [4.69, 9.17) is 14.6 Å². The Labute approximate surface area is 100 Å². The Morgan fingerprint density at radius 1 is 0.938 bits per heavy atom. The largest absolute Gasteiger partial charge is 0.394 e. The molecule has 1 unspecified atom stereocenters. The lowest BCUT2D eigenvalue weighted by Crippen LogP contribution is -2.08. The molecule has 0 saturated carbocycles. The normalized spacial score (nSPS) is 12.9. The number of rotatable bonds is 12. The van der Waals surface area contributed by atoms with Crippen LogP contribution >= 0.6 is 0 Å². The van der Waals surface area contributed by atoms with Gasteiger partial charge in [0, 0.05) is 6.61 Å². The highest BCUT2D eigenvalue weighted by Gasteiger charge is 1.99. The van der Waals surface area contributed by atoms with E-state index >= 15 is 0 Å². The average molecular weight is 232 g/mol. The van der Waals surface area contributed by atoms with Crippen LogP contribution in [0.25, 0.3) is 0 Å². The maximum Gasteiger partial charge on any atom is 0.0701 e. The van der Waals surface area contributed by atoms with Gasteiger partial charge in [0.05, 0.1) is 26.4 Å². The van der Waals surface area contributed by atoms with E-state index < -0.39 is 0 Å². The molecule has 1 N–H and O–H groups in total. The standard InChI is InChI=1S/C13H28O3/c1-3-6-13(2)7-4-5-9-15-11-12-16-10-8-14/h13-14H,3-12H2,1-2H3. The van der Waals surface area contributed by atoms with E-state index in [9.17, 15) is 0 Å². The molecule has 0 fully saturated rings. The molecular formula is C13H28O3. The van der Waals surface area contributed by atoms with Gasteiger partial charge in [-0.05, 0) is 12.3 Å². The first-order chi connectivity index (χ1) is 7.81. The molecule has 16 heavy (non-hydrogen) atoms. The first kappa shape index (κ1) is 15.9. The summed E-state index contributed by atoms with van der Waals surface area (Å²) in [6, 6.07) is 0. The zero-order valence-electron chi connectivity index (χ0n) is 10.9. The summed E-state index contributed by atoms with van der Waals surface area (Å²) in [4.78, 5) is 0. The monoisotopic (exact) mass is 232 g/mol. The van der Waals surface area contributed by atoms with Gasteiger partial charge in [-0.1, -0.05) is 39.5 Å². The lowest BCUT2D eigenvalue weighted by molar-refractivity contribution is 0.0319. The van der Waals surface area contributed by atoms with Crippen LogP contribution in [0, 0.1) is 5.92 Å². The summed E-state index contributed by atoms with van der Waals surface area (Å²) >= 11 is 0. The number of aliphatic hydroxyl groups excluding tert-OH is 1. The Morgan fingerprint density at radius 3 is 2.25 bits per heavy atom. The van der Waals surface area contributed by atoms with E-state index in [-0.39, 0.29) is 6.61 Å². The molecule has 1 atom stereocenters. The van der Waals surface area contributed by atoms with Crippen molar-refractivity contribution >= 4 is 0 Å². The molecule has 0 heterocycles. The number of aliphatic hydroxyl groups is 1. The molecule has 0 aromatic heterocycles. The molecule has 0 radical (unpaired) electrons. The van der Waals surface area contributed by atoms with Crippen molar-refractivity contribution in [2.75, 3.05) is 33.0 Å². The molecule has 3 nitrogen and oxygen atoms in total. The van der Waals surface area contributed by atoms with Gasteiger partial charge in [-0.2, -0.15) is 0 Å². The SMILES string of the molecule is CCCC(C)CCCCOCCOCCO. The third-order valence-electron chi connectivity index (χ3n) is 2.62. The van der Waals surface area contributed by atoms with Crippen molar-refractivity contribution in [3.63, 3.8) is 0 Å². The molecule has 0 aliphatic heterocycles. The predicted molar refractivity (Wildman–Crippen MR) is 66.6 cm³/mol. The Morgan fingerprint density at radius 2 is 1.62 bits per heavy atom. The van der Waals surface area contributed by atoms with Crippen molar-refractivity contribution < 1.29 is 14.6 Å². The van der Waals surface area contributed by atoms with E-state index in [2.05, 4.69) is 13.8 Å². The molecule has 0 saturated heterocycles. The van der Waals surface area contributed by atoms with Crippen molar-refractivity contribution in [1.82, 2.24) is 0 Å². The molecular weight excluding hydrogens is 204 g/mol. The van der Waals surface area contributed by atoms with Gasteiger partial charge in [-0.3, -0.25) is 0 Å². The van der Waals surface area contributed by atoms with Crippen LogP contribution < -0.4 is 0 Å². The van der Waals surface area contributed by atoms with Crippen LogP contribution in [0.3, 0.4) is 0 Å². The van der Waals surface area contributed by atoms with Crippen LogP contribution in [-0.2, 0) is 9.47 Å². The van der Waals surface area contributed by atoms with Gasteiger partial charge in [0.25, 0.3) is 0 Å². The third-order valence-corrected chi connectivity index (χ3v) is 2.62. The Kier molecular flexibility index (Phi) is 12.9. The summed E-state index contributed by atoms with van der Waals surface area (Å²) < 4.78 is 10.5. The van der Waals surface area contributed by atoms with Crippen LogP contribution in [0.2, 0.25) is 0 Å². The Bertz CT molecular complexity index is 128. The number of ether oxygens (including phenoxy) is 2. The fourth-order valence-corrected chi connectivity index (χ4v) is 1.72. The summed E-state index contributed by atoms with van der Waals surface area (Å²) in [5, 5.41) is 8.47. The van der Waals surface area contributed by atoms with Gasteiger partial charge in [-0.25, -0.2) is 0 Å². The zero-order valence-corrected chi connectivity index (χ0v) is 10.9. The highest BCUT2D eigenvalue weighted by molar-refractivity contribution is 4.52. The van der Waals surface area contributed by atoms with Crippen molar-refractivity contribution in [3.05, 3.63) is 0 Å². The van der Waals surface area contributed by atoms with E-state index in [1.807, 2.05) is 0 Å². The Balaban J connectivity index is 2.98. The highest BCUT2D eigenvalue weighted by atomic mass is 16.5. The summed E-state index contributed by atoms with van der Waals surface area (Å²) in [6.07, 6.45) is 6.36. The number of hydrogen-bond donors (Lipinski definition) is 1. The minimum Gasteiger partial charge on any atom is -0.394 e. The fourth-order valence-electron chi connectivity index (χ4n) is 1.72. The lowest BCUT2D eigenvalue weighted by atomic mass is 9.99. The van der Waals surface area contributed by atoms with Gasteiger partial charge < -0.3 is 14.6 Å². The molecule has 0 aromatic rings. The molecule has 0 amide bonds.